The van der Waals surface area contributed by atoms with Crippen molar-refractivity contribution in [2.75, 3.05) is 12.8 Å². The second-order valence-electron chi connectivity index (χ2n) is 6.05. The molecule has 0 aliphatic heterocycles. The van der Waals surface area contributed by atoms with E-state index in [-0.39, 0.29) is 17.4 Å². The van der Waals surface area contributed by atoms with Gasteiger partial charge in [-0.1, -0.05) is 20.8 Å². The van der Waals surface area contributed by atoms with Gasteiger partial charge in [-0.05, 0) is 18.4 Å². The molecule has 0 aliphatic carbocycles. The molecule has 0 radical (unpaired) electrons. The van der Waals surface area contributed by atoms with Gasteiger partial charge in [0.2, 0.25) is 0 Å². The van der Waals surface area contributed by atoms with E-state index < -0.39 is 0 Å². The van der Waals surface area contributed by atoms with Gasteiger partial charge in [0.05, 0.1) is 11.9 Å². The highest BCUT2D eigenvalue weighted by Gasteiger charge is 2.29. The molecule has 20 heavy (non-hydrogen) atoms. The van der Waals surface area contributed by atoms with Crippen LogP contribution in [0.2, 0.25) is 0 Å². The molecule has 1 atom stereocenters. The minimum Gasteiger partial charge on any atom is -0.397 e. The van der Waals surface area contributed by atoms with E-state index in [1.54, 1.807) is 17.2 Å². The van der Waals surface area contributed by atoms with Crippen LogP contribution in [0.1, 0.15) is 37.4 Å². The van der Waals surface area contributed by atoms with Crippen LogP contribution in [0.4, 0.5) is 5.69 Å². The van der Waals surface area contributed by atoms with Crippen LogP contribution in [-0.4, -0.2) is 34.1 Å². The van der Waals surface area contributed by atoms with E-state index >= 15 is 0 Å². The van der Waals surface area contributed by atoms with Gasteiger partial charge in [-0.2, -0.15) is 5.10 Å². The van der Waals surface area contributed by atoms with Crippen molar-refractivity contribution >= 4 is 33.1 Å². The number of carbonyl (C=O) groups excluding carboxylic acids is 1. The molecule has 108 valence electrons. The summed E-state index contributed by atoms with van der Waals surface area (Å²) in [7, 11) is 1.81. The Morgan fingerprint density at radius 2 is 2.10 bits per heavy atom. The number of thiophene rings is 1. The van der Waals surface area contributed by atoms with Gasteiger partial charge in [-0.3, -0.25) is 4.79 Å². The molecule has 0 fully saturated rings. The third-order valence-corrected chi connectivity index (χ3v) is 4.86. The maximum atomic E-state index is 12.6. The summed E-state index contributed by atoms with van der Waals surface area (Å²) in [5, 5.41) is 8.64. The van der Waals surface area contributed by atoms with E-state index in [2.05, 4.69) is 31.0 Å². The fourth-order valence-electron chi connectivity index (χ4n) is 1.95. The Morgan fingerprint density at radius 1 is 1.45 bits per heavy atom. The third kappa shape index (κ3) is 2.47. The highest BCUT2D eigenvalue weighted by atomic mass is 32.1. The zero-order chi connectivity index (χ0) is 15.1. The summed E-state index contributed by atoms with van der Waals surface area (Å²) in [5.41, 5.74) is 6.59. The van der Waals surface area contributed by atoms with Crippen LogP contribution in [0, 0.1) is 5.41 Å². The number of hydrogen-bond donors (Lipinski definition) is 1. The molecule has 2 heterocycles. The predicted molar refractivity (Wildman–Crippen MR) is 82.8 cm³/mol. The Hall–Kier alpha value is -1.69. The van der Waals surface area contributed by atoms with Crippen LogP contribution in [0.25, 0.3) is 10.2 Å². The highest BCUT2D eigenvalue weighted by Crippen LogP contribution is 2.33. The fraction of sp³-hybridized carbons (Fsp3) is 0.500. The lowest BCUT2D eigenvalue weighted by atomic mass is 9.87. The van der Waals surface area contributed by atoms with E-state index in [9.17, 15) is 4.79 Å². The van der Waals surface area contributed by atoms with Crippen molar-refractivity contribution in [2.24, 2.45) is 5.41 Å². The summed E-state index contributed by atoms with van der Waals surface area (Å²) in [6.07, 6.45) is 1.58. The summed E-state index contributed by atoms with van der Waals surface area (Å²) in [5.74, 6) is -0.0621. The number of nitrogens with zero attached hydrogens (tertiary/aromatic N) is 3. The zero-order valence-electron chi connectivity index (χ0n) is 12.5. The minimum atomic E-state index is -0.0621. The van der Waals surface area contributed by atoms with Crippen LogP contribution < -0.4 is 5.73 Å². The molecule has 6 heteroatoms. The molecule has 0 saturated heterocycles. The highest BCUT2D eigenvalue weighted by molar-refractivity contribution is 7.21. The van der Waals surface area contributed by atoms with E-state index in [1.165, 1.54) is 11.3 Å². The van der Waals surface area contributed by atoms with Gasteiger partial charge in [0.1, 0.15) is 9.71 Å². The Labute approximate surface area is 122 Å². The molecule has 2 N–H and O–H groups in total. The molecule has 0 saturated carbocycles. The molecule has 0 aromatic carbocycles. The van der Waals surface area contributed by atoms with Gasteiger partial charge < -0.3 is 10.6 Å². The van der Waals surface area contributed by atoms with E-state index in [0.29, 0.717) is 15.4 Å². The molecular formula is C14H20N4OS. The second-order valence-corrected chi connectivity index (χ2v) is 7.05. The second kappa shape index (κ2) is 5.01. The molecule has 2 aromatic heterocycles. The molecule has 1 unspecified atom stereocenters. The average Bonchev–Trinajstić information content (AvgIpc) is 2.73. The van der Waals surface area contributed by atoms with Gasteiger partial charge in [0.15, 0.2) is 0 Å². The largest absolute Gasteiger partial charge is 0.397 e. The van der Waals surface area contributed by atoms with Crippen LogP contribution in [0.5, 0.6) is 0 Å². The molecule has 0 aliphatic rings. The van der Waals surface area contributed by atoms with Crippen LogP contribution >= 0.6 is 11.3 Å². The van der Waals surface area contributed by atoms with Crippen LogP contribution in [0.15, 0.2) is 12.3 Å². The smallest absolute Gasteiger partial charge is 0.266 e. The number of amides is 1. The Morgan fingerprint density at radius 3 is 2.65 bits per heavy atom. The lowest BCUT2D eigenvalue weighted by Crippen LogP contribution is -2.42. The molecule has 5 nitrogen and oxygen atoms in total. The number of nitrogens with two attached hydrogens (primary N) is 1. The fourth-order valence-corrected chi connectivity index (χ4v) is 2.97. The molecule has 1 amide bonds. The van der Waals surface area contributed by atoms with Crippen molar-refractivity contribution in [2.45, 2.75) is 33.7 Å². The summed E-state index contributed by atoms with van der Waals surface area (Å²) >= 11 is 1.30. The summed E-state index contributed by atoms with van der Waals surface area (Å²) in [4.78, 5) is 15.6. The first-order valence-electron chi connectivity index (χ1n) is 6.50. The van der Waals surface area contributed by atoms with Crippen molar-refractivity contribution in [1.82, 2.24) is 15.1 Å². The van der Waals surface area contributed by atoms with Gasteiger partial charge in [0, 0.05) is 18.5 Å². The summed E-state index contributed by atoms with van der Waals surface area (Å²) in [6.45, 7) is 8.38. The first kappa shape index (κ1) is 14.7. The maximum absolute atomic E-state index is 12.6. The quantitative estimate of drug-likeness (QED) is 0.923. The molecule has 2 rings (SSSR count). The van der Waals surface area contributed by atoms with Crippen LogP contribution in [-0.2, 0) is 0 Å². The van der Waals surface area contributed by atoms with Crippen molar-refractivity contribution in [3.63, 3.8) is 0 Å². The molecular weight excluding hydrogens is 272 g/mol. The van der Waals surface area contributed by atoms with Gasteiger partial charge in [-0.15, -0.1) is 16.4 Å². The topological polar surface area (TPSA) is 72.1 Å². The standard InChI is InChI=1S/C14H20N4OS/c1-8(14(2,3)4)18(5)13(19)11-10(15)9-6-7-16-17-12(9)20-11/h6-8H,15H2,1-5H3. The third-order valence-electron chi connectivity index (χ3n) is 3.77. The average molecular weight is 292 g/mol. The summed E-state index contributed by atoms with van der Waals surface area (Å²) in [6, 6.07) is 1.89. The number of fused-ring (bicyclic) bond motifs is 1. The Bertz CT molecular complexity index is 644. The first-order valence-corrected chi connectivity index (χ1v) is 7.32. The molecule has 0 spiro atoms. The maximum Gasteiger partial charge on any atom is 0.266 e. The molecule has 2 aromatic rings. The number of aromatic nitrogens is 2. The minimum absolute atomic E-state index is 0.00958. The molecule has 0 bridgehead atoms. The van der Waals surface area contributed by atoms with Gasteiger partial charge in [-0.25, -0.2) is 0 Å². The number of rotatable bonds is 2. The zero-order valence-corrected chi connectivity index (χ0v) is 13.3. The van der Waals surface area contributed by atoms with Gasteiger partial charge >= 0.3 is 0 Å². The number of carbonyl (C=O) groups is 1. The first-order chi connectivity index (χ1) is 9.23. The van der Waals surface area contributed by atoms with Crippen molar-refractivity contribution < 1.29 is 4.79 Å². The Balaban J connectivity index is 2.39. The van der Waals surface area contributed by atoms with E-state index in [4.69, 9.17) is 5.73 Å². The number of anilines is 1. The van der Waals surface area contributed by atoms with Crippen molar-refractivity contribution in [3.8, 4) is 0 Å². The monoisotopic (exact) mass is 292 g/mol. The lowest BCUT2D eigenvalue weighted by molar-refractivity contribution is 0.0635. The van der Waals surface area contributed by atoms with Crippen molar-refractivity contribution in [3.05, 3.63) is 17.1 Å². The number of nitrogen functional groups attached to an aromatic ring is 1. The van der Waals surface area contributed by atoms with Crippen LogP contribution in [0.3, 0.4) is 0 Å². The van der Waals surface area contributed by atoms with Gasteiger partial charge in [0.25, 0.3) is 5.91 Å². The predicted octanol–water partition coefficient (Wildman–Crippen LogP) is 2.78. The Kier molecular flexibility index (Phi) is 3.69. The number of hydrogen-bond acceptors (Lipinski definition) is 5. The van der Waals surface area contributed by atoms with E-state index in [1.807, 2.05) is 14.0 Å². The summed E-state index contributed by atoms with van der Waals surface area (Å²) < 4.78 is 0. The SMILES string of the molecule is CC(N(C)C(=O)c1sc2nnccc2c1N)C(C)(C)C. The van der Waals surface area contributed by atoms with E-state index in [0.717, 1.165) is 5.39 Å². The normalized spacial score (nSPS) is 13.4. The van der Waals surface area contributed by atoms with Crippen molar-refractivity contribution in [1.29, 1.82) is 0 Å². The lowest BCUT2D eigenvalue weighted by Gasteiger charge is -2.35.